The summed E-state index contributed by atoms with van der Waals surface area (Å²) in [4.78, 5) is 0. The molecular formula is C38H24. The normalized spacial score (nSPS) is 11.7. The first-order chi connectivity index (χ1) is 18.8. The van der Waals surface area contributed by atoms with E-state index in [4.69, 9.17) is 0 Å². The van der Waals surface area contributed by atoms with E-state index in [0.29, 0.717) is 0 Å². The molecular weight excluding hydrogens is 456 g/mol. The summed E-state index contributed by atoms with van der Waals surface area (Å²) in [5.74, 6) is 0. The van der Waals surface area contributed by atoms with Gasteiger partial charge in [-0.05, 0) is 76.5 Å². The van der Waals surface area contributed by atoms with Crippen molar-refractivity contribution in [2.24, 2.45) is 0 Å². The third-order valence-corrected chi connectivity index (χ3v) is 8.05. The zero-order valence-corrected chi connectivity index (χ0v) is 20.9. The Morgan fingerprint density at radius 1 is 0.237 bits per heavy atom. The van der Waals surface area contributed by atoms with Crippen molar-refractivity contribution in [3.05, 3.63) is 146 Å². The van der Waals surface area contributed by atoms with E-state index in [9.17, 15) is 0 Å². The summed E-state index contributed by atoms with van der Waals surface area (Å²) < 4.78 is 0. The molecule has 8 aromatic rings. The molecule has 0 saturated heterocycles. The molecule has 0 bridgehead atoms. The van der Waals surface area contributed by atoms with E-state index in [1.807, 2.05) is 0 Å². The molecule has 0 saturated carbocycles. The maximum Gasteiger partial charge on any atom is -0.00206 e. The molecule has 0 aromatic heterocycles. The summed E-state index contributed by atoms with van der Waals surface area (Å²) in [6.45, 7) is 0. The van der Waals surface area contributed by atoms with Crippen molar-refractivity contribution in [3.63, 3.8) is 0 Å². The fourth-order valence-electron chi connectivity index (χ4n) is 6.23. The van der Waals surface area contributed by atoms with Crippen LogP contribution in [0.5, 0.6) is 0 Å². The molecule has 8 aromatic carbocycles. The molecule has 0 N–H and O–H groups in total. The number of benzene rings is 8. The van der Waals surface area contributed by atoms with Gasteiger partial charge in [-0.25, -0.2) is 0 Å². The van der Waals surface area contributed by atoms with Crippen LogP contribution in [0, 0.1) is 0 Å². The lowest BCUT2D eigenvalue weighted by molar-refractivity contribution is 1.60. The number of fused-ring (bicyclic) bond motifs is 1. The van der Waals surface area contributed by atoms with E-state index >= 15 is 0 Å². The van der Waals surface area contributed by atoms with Gasteiger partial charge in [0.05, 0.1) is 0 Å². The minimum Gasteiger partial charge on any atom is -0.0622 e. The molecule has 0 radical (unpaired) electrons. The van der Waals surface area contributed by atoms with Crippen LogP contribution in [0.2, 0.25) is 0 Å². The highest BCUT2D eigenvalue weighted by atomic mass is 14.2. The van der Waals surface area contributed by atoms with Gasteiger partial charge >= 0.3 is 0 Å². The van der Waals surface area contributed by atoms with Gasteiger partial charge in [0, 0.05) is 0 Å². The maximum atomic E-state index is 2.31. The van der Waals surface area contributed by atoms with Gasteiger partial charge in [0.2, 0.25) is 0 Å². The molecule has 0 unspecified atom stereocenters. The molecule has 0 aliphatic carbocycles. The first-order valence-corrected chi connectivity index (χ1v) is 13.2. The van der Waals surface area contributed by atoms with Crippen LogP contribution >= 0.6 is 0 Å². The Balaban J connectivity index is 1.33. The van der Waals surface area contributed by atoms with Gasteiger partial charge in [0.1, 0.15) is 0 Å². The van der Waals surface area contributed by atoms with Gasteiger partial charge in [-0.3, -0.25) is 0 Å². The fraction of sp³-hybridized carbons (Fsp3) is 0. The predicted molar refractivity (Wildman–Crippen MR) is 164 cm³/mol. The van der Waals surface area contributed by atoms with Crippen molar-refractivity contribution >= 4 is 43.1 Å². The van der Waals surface area contributed by atoms with E-state index in [-0.39, 0.29) is 0 Å². The summed E-state index contributed by atoms with van der Waals surface area (Å²) >= 11 is 0. The second kappa shape index (κ2) is 8.30. The van der Waals surface area contributed by atoms with Crippen molar-refractivity contribution in [1.82, 2.24) is 0 Å². The monoisotopic (exact) mass is 480 g/mol. The summed E-state index contributed by atoms with van der Waals surface area (Å²) in [6.07, 6.45) is 0. The molecule has 0 nitrogen and oxygen atoms in total. The summed E-state index contributed by atoms with van der Waals surface area (Å²) in [5.41, 5.74) is 7.56. The number of hydrogen-bond acceptors (Lipinski definition) is 0. The summed E-state index contributed by atoms with van der Waals surface area (Å²) in [7, 11) is 0. The van der Waals surface area contributed by atoms with Gasteiger partial charge in [-0.15, -0.1) is 0 Å². The first kappa shape index (κ1) is 21.2. The van der Waals surface area contributed by atoms with Crippen LogP contribution in [0.15, 0.2) is 146 Å². The van der Waals surface area contributed by atoms with Gasteiger partial charge in [0.25, 0.3) is 0 Å². The van der Waals surface area contributed by atoms with Crippen molar-refractivity contribution in [3.8, 4) is 33.4 Å². The second-order valence-corrected chi connectivity index (χ2v) is 10.1. The molecule has 8 rings (SSSR count). The Morgan fingerprint density at radius 2 is 0.737 bits per heavy atom. The molecule has 0 heterocycles. The minimum absolute atomic E-state index is 1.24. The number of hydrogen-bond donors (Lipinski definition) is 0. The Hall–Kier alpha value is -4.94. The topological polar surface area (TPSA) is 0 Å². The van der Waals surface area contributed by atoms with Gasteiger partial charge in [-0.2, -0.15) is 0 Å². The molecule has 38 heavy (non-hydrogen) atoms. The Morgan fingerprint density at radius 3 is 1.50 bits per heavy atom. The average molecular weight is 481 g/mol. The van der Waals surface area contributed by atoms with Crippen LogP contribution in [0.3, 0.4) is 0 Å². The van der Waals surface area contributed by atoms with Gasteiger partial charge in [-0.1, -0.05) is 146 Å². The van der Waals surface area contributed by atoms with E-state index in [0.717, 1.165) is 0 Å². The molecule has 0 amide bonds. The molecule has 0 aliphatic rings. The molecule has 176 valence electrons. The Labute approximate surface area is 221 Å². The lowest BCUT2D eigenvalue weighted by Crippen LogP contribution is -1.89. The maximum absolute atomic E-state index is 2.31. The van der Waals surface area contributed by atoms with E-state index in [1.54, 1.807) is 0 Å². The fourth-order valence-corrected chi connectivity index (χ4v) is 6.23. The van der Waals surface area contributed by atoms with Gasteiger partial charge in [0.15, 0.2) is 0 Å². The molecule has 0 atom stereocenters. The van der Waals surface area contributed by atoms with E-state index in [2.05, 4.69) is 146 Å². The lowest BCUT2D eigenvalue weighted by Gasteiger charge is -2.17. The van der Waals surface area contributed by atoms with Crippen LogP contribution in [0.4, 0.5) is 0 Å². The highest BCUT2D eigenvalue weighted by Gasteiger charge is 2.15. The summed E-state index contributed by atoms with van der Waals surface area (Å²) in [6, 6.07) is 53.3. The minimum atomic E-state index is 1.24. The van der Waals surface area contributed by atoms with Crippen molar-refractivity contribution < 1.29 is 0 Å². The van der Waals surface area contributed by atoms with Crippen LogP contribution in [0.1, 0.15) is 0 Å². The largest absolute Gasteiger partial charge is 0.0622 e. The Kier molecular flexibility index (Phi) is 4.62. The van der Waals surface area contributed by atoms with Crippen LogP contribution in [-0.2, 0) is 0 Å². The SMILES string of the molecule is c1ccc(-c2ccc(-c3ccc(-c4ccc5ccc6cccc7ccc4c5c67)c4ccccc34)cc2)cc1. The first-order valence-electron chi connectivity index (χ1n) is 13.2. The third-order valence-electron chi connectivity index (χ3n) is 8.05. The van der Waals surface area contributed by atoms with Crippen LogP contribution < -0.4 is 0 Å². The molecule has 0 aliphatic heterocycles. The second-order valence-electron chi connectivity index (χ2n) is 10.1. The van der Waals surface area contributed by atoms with Gasteiger partial charge < -0.3 is 0 Å². The number of rotatable bonds is 3. The predicted octanol–water partition coefficient (Wildman–Crippen LogP) is 10.7. The lowest BCUT2D eigenvalue weighted by atomic mass is 9.87. The van der Waals surface area contributed by atoms with Crippen molar-refractivity contribution in [2.75, 3.05) is 0 Å². The zero-order valence-electron chi connectivity index (χ0n) is 20.9. The standard InChI is InChI=1S/C38H24/c1-2-7-25(8-3-1)26-13-15-27(16-14-26)31-23-24-34(33-12-5-4-11-32(31)33)35-21-19-30-18-17-28-9-6-10-29-20-22-36(35)38(30)37(28)29/h1-24H. The van der Waals surface area contributed by atoms with Crippen LogP contribution in [0.25, 0.3) is 76.5 Å². The zero-order chi connectivity index (χ0) is 25.1. The van der Waals surface area contributed by atoms with Crippen molar-refractivity contribution in [1.29, 1.82) is 0 Å². The third kappa shape index (κ3) is 3.17. The average Bonchev–Trinajstić information content (AvgIpc) is 3.00. The van der Waals surface area contributed by atoms with E-state index < -0.39 is 0 Å². The summed E-state index contributed by atoms with van der Waals surface area (Å²) in [5, 5.41) is 10.5. The smallest absolute Gasteiger partial charge is 0.00206 e. The highest BCUT2D eigenvalue weighted by Crippen LogP contribution is 2.42. The molecule has 0 spiro atoms. The molecule has 0 fully saturated rings. The quantitative estimate of drug-likeness (QED) is 0.221. The van der Waals surface area contributed by atoms with Crippen LogP contribution in [-0.4, -0.2) is 0 Å². The Bertz CT molecular complexity index is 2080. The van der Waals surface area contributed by atoms with E-state index in [1.165, 1.54) is 76.5 Å². The van der Waals surface area contributed by atoms with Crippen molar-refractivity contribution in [2.45, 2.75) is 0 Å². The highest BCUT2D eigenvalue weighted by molar-refractivity contribution is 6.26. The molecule has 0 heteroatoms.